The topological polar surface area (TPSA) is 68.3 Å². The number of nitrogens with zero attached hydrogens (tertiary/aromatic N) is 2. The van der Waals surface area contributed by atoms with Gasteiger partial charge in [0, 0.05) is 39.7 Å². The molecule has 0 bridgehead atoms. The van der Waals surface area contributed by atoms with E-state index in [0.717, 1.165) is 57.7 Å². The highest BCUT2D eigenvalue weighted by molar-refractivity contribution is 6.11. The number of methoxy groups -OCH3 is 1. The predicted octanol–water partition coefficient (Wildman–Crippen LogP) is 3.45. The Morgan fingerprint density at radius 1 is 1.06 bits per heavy atom. The van der Waals surface area contributed by atoms with Crippen molar-refractivity contribution in [3.05, 3.63) is 46.7 Å². The molecule has 1 aromatic rings. The third-order valence-corrected chi connectivity index (χ3v) is 8.13. The number of benzene rings is 1. The summed E-state index contributed by atoms with van der Waals surface area (Å²) in [6, 6.07) is 8.03. The predicted molar refractivity (Wildman–Crippen MR) is 132 cm³/mol. The number of hydrogen-bond donors (Lipinski definition) is 0. The zero-order valence-corrected chi connectivity index (χ0v) is 21.2. The van der Waals surface area contributed by atoms with Crippen molar-refractivity contribution < 1.29 is 23.8 Å². The van der Waals surface area contributed by atoms with Gasteiger partial charge in [-0.3, -0.25) is 14.5 Å². The summed E-state index contributed by atoms with van der Waals surface area (Å²) in [6.07, 6.45) is 2.89. The summed E-state index contributed by atoms with van der Waals surface area (Å²) in [5.74, 6) is 0.444. The van der Waals surface area contributed by atoms with Crippen LogP contribution in [0.3, 0.4) is 0 Å². The van der Waals surface area contributed by atoms with E-state index in [1.165, 1.54) is 5.56 Å². The second kappa shape index (κ2) is 10.4. The van der Waals surface area contributed by atoms with Gasteiger partial charge in [-0.15, -0.1) is 0 Å². The highest BCUT2D eigenvalue weighted by atomic mass is 16.5. The molecule has 1 amide bonds. The smallest absolute Gasteiger partial charge is 0.290 e. The molecule has 3 aliphatic heterocycles. The molecule has 0 aromatic heterocycles. The number of fused-ring (bicyclic) bond motifs is 1. The molecule has 4 atom stereocenters. The van der Waals surface area contributed by atoms with Crippen LogP contribution in [0.4, 0.5) is 0 Å². The Morgan fingerprint density at radius 2 is 1.80 bits per heavy atom. The number of ketones is 1. The summed E-state index contributed by atoms with van der Waals surface area (Å²) in [7, 11) is 1.70. The van der Waals surface area contributed by atoms with E-state index < -0.39 is 0 Å². The lowest BCUT2D eigenvalue weighted by molar-refractivity contribution is -0.138. The fourth-order valence-electron chi connectivity index (χ4n) is 6.02. The van der Waals surface area contributed by atoms with Crippen LogP contribution in [0.5, 0.6) is 0 Å². The number of rotatable bonds is 7. The van der Waals surface area contributed by atoms with E-state index in [1.54, 1.807) is 7.11 Å². The maximum Gasteiger partial charge on any atom is 0.290 e. The molecule has 0 N–H and O–H groups in total. The first-order valence-electron chi connectivity index (χ1n) is 13.2. The van der Waals surface area contributed by atoms with Crippen molar-refractivity contribution >= 4 is 11.7 Å². The van der Waals surface area contributed by atoms with E-state index in [-0.39, 0.29) is 41.6 Å². The summed E-state index contributed by atoms with van der Waals surface area (Å²) in [4.78, 5) is 31.8. The van der Waals surface area contributed by atoms with E-state index in [9.17, 15) is 9.59 Å². The Labute approximate surface area is 208 Å². The van der Waals surface area contributed by atoms with Crippen LogP contribution in [0, 0.1) is 5.92 Å². The first-order valence-corrected chi connectivity index (χ1v) is 13.2. The Hall–Kier alpha value is -2.22. The number of Topliss-reactive ketones (excluding diaryl/α,β-unsaturated/α-hetero) is 1. The van der Waals surface area contributed by atoms with Gasteiger partial charge < -0.3 is 19.1 Å². The number of carbonyl (C=O) groups excluding carboxylic acids is 2. The average Bonchev–Trinajstić information content (AvgIpc) is 3.16. The zero-order chi connectivity index (χ0) is 24.5. The fraction of sp³-hybridized carbons (Fsp3) is 0.643. The zero-order valence-electron chi connectivity index (χ0n) is 21.2. The summed E-state index contributed by atoms with van der Waals surface area (Å²) in [5.41, 5.74) is 2.80. The Bertz CT molecular complexity index is 966. The van der Waals surface area contributed by atoms with Crippen molar-refractivity contribution in [3.8, 4) is 0 Å². The molecule has 1 aliphatic carbocycles. The second-order valence-corrected chi connectivity index (χ2v) is 10.6. The van der Waals surface area contributed by atoms with Crippen molar-refractivity contribution in [3.63, 3.8) is 0 Å². The van der Waals surface area contributed by atoms with Crippen molar-refractivity contribution in [1.29, 1.82) is 0 Å². The van der Waals surface area contributed by atoms with Crippen LogP contribution in [0.25, 0.3) is 0 Å². The lowest BCUT2D eigenvalue weighted by Crippen LogP contribution is -2.43. The molecule has 7 heteroatoms. The molecule has 1 saturated heterocycles. The van der Waals surface area contributed by atoms with E-state index in [0.29, 0.717) is 24.5 Å². The molecule has 1 aromatic carbocycles. The van der Waals surface area contributed by atoms with Crippen LogP contribution in [0.1, 0.15) is 62.6 Å². The molecule has 1 saturated carbocycles. The SMILES string of the molecule is COC1CCC2C(=O)C3=C(OC2C1)C(=O)N(CCCN1CCOCC1)C3c1ccc(C(C)C)cc1. The highest BCUT2D eigenvalue weighted by Gasteiger charge is 2.52. The number of hydrogen-bond acceptors (Lipinski definition) is 6. The van der Waals surface area contributed by atoms with Crippen LogP contribution in [0.2, 0.25) is 0 Å². The molecule has 4 aliphatic rings. The molecule has 4 unspecified atom stereocenters. The molecule has 7 nitrogen and oxygen atoms in total. The quantitative estimate of drug-likeness (QED) is 0.593. The lowest BCUT2D eigenvalue weighted by atomic mass is 9.76. The highest BCUT2D eigenvalue weighted by Crippen LogP contribution is 2.47. The van der Waals surface area contributed by atoms with Gasteiger partial charge in [-0.25, -0.2) is 0 Å². The third kappa shape index (κ3) is 4.78. The largest absolute Gasteiger partial charge is 0.483 e. The van der Waals surface area contributed by atoms with Crippen LogP contribution in [-0.2, 0) is 23.8 Å². The van der Waals surface area contributed by atoms with E-state index in [2.05, 4.69) is 43.0 Å². The third-order valence-electron chi connectivity index (χ3n) is 8.13. The molecule has 190 valence electrons. The van der Waals surface area contributed by atoms with Gasteiger partial charge >= 0.3 is 0 Å². The summed E-state index contributed by atoms with van der Waals surface area (Å²) >= 11 is 0. The summed E-state index contributed by atoms with van der Waals surface area (Å²) in [6.45, 7) is 9.21. The van der Waals surface area contributed by atoms with Gasteiger partial charge in [0.05, 0.1) is 36.9 Å². The molecule has 3 heterocycles. The minimum Gasteiger partial charge on any atom is -0.483 e. The molecule has 2 fully saturated rings. The molecule has 5 rings (SSSR count). The van der Waals surface area contributed by atoms with Gasteiger partial charge in [-0.2, -0.15) is 0 Å². The monoisotopic (exact) mass is 482 g/mol. The standard InChI is InChI=1S/C28H38N2O5/c1-18(2)19-5-7-20(8-6-19)25-24-26(31)22-10-9-21(33-3)17-23(22)35-27(24)28(32)30(25)12-4-11-29-13-15-34-16-14-29/h5-8,18,21-23,25H,4,9-17H2,1-3H3. The minimum atomic E-state index is -0.378. The molecular formula is C28H38N2O5. The number of carbonyl (C=O) groups is 2. The van der Waals surface area contributed by atoms with Crippen molar-refractivity contribution in [2.24, 2.45) is 5.92 Å². The number of amides is 1. The average molecular weight is 483 g/mol. The maximum absolute atomic E-state index is 13.8. The molecular weight excluding hydrogens is 444 g/mol. The number of morpholine rings is 1. The molecule has 0 spiro atoms. The number of ether oxygens (including phenoxy) is 3. The van der Waals surface area contributed by atoms with E-state index in [1.807, 2.05) is 4.90 Å². The van der Waals surface area contributed by atoms with E-state index >= 15 is 0 Å². The Balaban J connectivity index is 1.42. The summed E-state index contributed by atoms with van der Waals surface area (Å²) in [5, 5.41) is 0. The van der Waals surface area contributed by atoms with Crippen LogP contribution in [0.15, 0.2) is 35.6 Å². The first kappa shape index (κ1) is 24.5. The van der Waals surface area contributed by atoms with Crippen LogP contribution >= 0.6 is 0 Å². The minimum absolute atomic E-state index is 0.0757. The van der Waals surface area contributed by atoms with Crippen LogP contribution in [-0.4, -0.2) is 80.2 Å². The first-order chi connectivity index (χ1) is 17.0. The fourth-order valence-corrected chi connectivity index (χ4v) is 6.02. The van der Waals surface area contributed by atoms with Gasteiger partial charge in [-0.1, -0.05) is 38.1 Å². The second-order valence-electron chi connectivity index (χ2n) is 10.6. The van der Waals surface area contributed by atoms with Crippen molar-refractivity contribution in [2.45, 2.75) is 63.7 Å². The van der Waals surface area contributed by atoms with Gasteiger partial charge in [-0.05, 0) is 36.3 Å². The van der Waals surface area contributed by atoms with Gasteiger partial charge in [0.25, 0.3) is 5.91 Å². The van der Waals surface area contributed by atoms with Gasteiger partial charge in [0.2, 0.25) is 0 Å². The van der Waals surface area contributed by atoms with Crippen molar-refractivity contribution in [2.75, 3.05) is 46.5 Å². The van der Waals surface area contributed by atoms with Crippen molar-refractivity contribution in [1.82, 2.24) is 9.80 Å². The lowest BCUT2D eigenvalue weighted by Gasteiger charge is -2.38. The summed E-state index contributed by atoms with van der Waals surface area (Å²) < 4.78 is 17.3. The van der Waals surface area contributed by atoms with E-state index in [4.69, 9.17) is 14.2 Å². The van der Waals surface area contributed by atoms with Crippen LogP contribution < -0.4 is 0 Å². The Morgan fingerprint density at radius 3 is 2.49 bits per heavy atom. The molecule has 0 radical (unpaired) electrons. The Kier molecular flexibility index (Phi) is 7.28. The maximum atomic E-state index is 13.8. The van der Waals surface area contributed by atoms with Gasteiger partial charge in [0.15, 0.2) is 11.5 Å². The molecule has 35 heavy (non-hydrogen) atoms. The normalized spacial score (nSPS) is 29.4. The van der Waals surface area contributed by atoms with Gasteiger partial charge in [0.1, 0.15) is 6.10 Å².